The van der Waals surface area contributed by atoms with Gasteiger partial charge in [-0.3, -0.25) is 0 Å². The molecule has 1 unspecified atom stereocenters. The maximum atomic E-state index is 12.2. The van der Waals surface area contributed by atoms with Crippen LogP contribution >= 0.6 is 23.2 Å². The second-order valence-electron chi connectivity index (χ2n) is 4.46. The molecule has 0 spiro atoms. The lowest BCUT2D eigenvalue weighted by molar-refractivity contribution is 0.0697. The third-order valence-electron chi connectivity index (χ3n) is 2.68. The van der Waals surface area contributed by atoms with Crippen LogP contribution in [-0.2, 0) is 10.0 Å². The van der Waals surface area contributed by atoms with Crippen molar-refractivity contribution in [3.63, 3.8) is 0 Å². The summed E-state index contributed by atoms with van der Waals surface area (Å²) in [5, 5.41) is 17.3. The molecule has 0 saturated heterocycles. The van der Waals surface area contributed by atoms with Crippen molar-refractivity contribution in [2.45, 2.75) is 30.7 Å². The summed E-state index contributed by atoms with van der Waals surface area (Å²) in [5.41, 5.74) is -0.382. The van der Waals surface area contributed by atoms with E-state index in [1.54, 1.807) is 6.92 Å². The van der Waals surface area contributed by atoms with Crippen molar-refractivity contribution in [3.8, 4) is 0 Å². The maximum absolute atomic E-state index is 12.2. The van der Waals surface area contributed by atoms with Gasteiger partial charge in [0.1, 0.15) is 4.90 Å². The molecule has 21 heavy (non-hydrogen) atoms. The molecule has 1 atom stereocenters. The van der Waals surface area contributed by atoms with Crippen molar-refractivity contribution in [1.29, 1.82) is 0 Å². The first-order valence-electron chi connectivity index (χ1n) is 6.04. The minimum absolute atomic E-state index is 0.0415. The van der Waals surface area contributed by atoms with Crippen LogP contribution in [-0.4, -0.2) is 37.2 Å². The van der Waals surface area contributed by atoms with Crippen LogP contribution in [0.4, 0.5) is 0 Å². The minimum Gasteiger partial charge on any atom is -0.478 e. The molecule has 0 radical (unpaired) electrons. The quantitative estimate of drug-likeness (QED) is 0.694. The number of carboxylic acids is 1. The summed E-state index contributed by atoms with van der Waals surface area (Å²) in [4.78, 5) is 10.6. The molecule has 0 bridgehead atoms. The molecule has 0 aliphatic rings. The smallest absolute Gasteiger partial charge is 0.337 e. The van der Waals surface area contributed by atoms with Gasteiger partial charge in [-0.2, -0.15) is 0 Å². The number of aromatic carboxylic acids is 1. The Kier molecular flexibility index (Phi) is 6.42. The van der Waals surface area contributed by atoms with Crippen molar-refractivity contribution < 1.29 is 23.4 Å². The van der Waals surface area contributed by atoms with E-state index >= 15 is 0 Å². The number of aliphatic hydroxyl groups excluding tert-OH is 1. The van der Waals surface area contributed by atoms with Crippen LogP contribution in [0.15, 0.2) is 17.0 Å². The van der Waals surface area contributed by atoms with E-state index in [1.165, 1.54) is 0 Å². The van der Waals surface area contributed by atoms with Gasteiger partial charge >= 0.3 is 5.97 Å². The molecule has 0 amide bonds. The Balaban J connectivity index is 3.17. The van der Waals surface area contributed by atoms with Crippen LogP contribution < -0.4 is 4.72 Å². The highest BCUT2D eigenvalue weighted by atomic mass is 35.5. The van der Waals surface area contributed by atoms with Gasteiger partial charge in [0.25, 0.3) is 0 Å². The van der Waals surface area contributed by atoms with Crippen LogP contribution in [0.1, 0.15) is 30.1 Å². The standard InChI is InChI=1S/C12H15Cl2NO5S/c1-7(3-2-4-16)15-21(19,20)10-6-8(13)5-9(11(10)14)12(17)18/h5-7,15-16H,2-4H2,1H3,(H,17,18). The van der Waals surface area contributed by atoms with Crippen LogP contribution in [0, 0.1) is 0 Å². The monoisotopic (exact) mass is 355 g/mol. The van der Waals surface area contributed by atoms with Crippen molar-refractivity contribution in [1.82, 2.24) is 4.72 Å². The number of carbonyl (C=O) groups is 1. The molecule has 0 fully saturated rings. The SMILES string of the molecule is CC(CCCO)NS(=O)(=O)c1cc(Cl)cc(C(=O)O)c1Cl. The second kappa shape index (κ2) is 7.42. The number of sulfonamides is 1. The summed E-state index contributed by atoms with van der Waals surface area (Å²) in [7, 11) is -4.01. The highest BCUT2D eigenvalue weighted by Gasteiger charge is 2.25. The first kappa shape index (κ1) is 18.2. The third kappa shape index (κ3) is 4.82. The van der Waals surface area contributed by atoms with Gasteiger partial charge in [0.15, 0.2) is 0 Å². The molecule has 1 aromatic carbocycles. The average molecular weight is 356 g/mol. The summed E-state index contributed by atoms with van der Waals surface area (Å²) in [6, 6.07) is 1.74. The molecule has 9 heteroatoms. The normalized spacial score (nSPS) is 13.1. The lowest BCUT2D eigenvalue weighted by Crippen LogP contribution is -2.33. The van der Waals surface area contributed by atoms with Gasteiger partial charge in [0.2, 0.25) is 10.0 Å². The Hall–Kier alpha value is -0.860. The Bertz CT molecular complexity index is 633. The van der Waals surface area contributed by atoms with E-state index in [4.69, 9.17) is 33.4 Å². The van der Waals surface area contributed by atoms with Crippen molar-refractivity contribution in [2.24, 2.45) is 0 Å². The average Bonchev–Trinajstić information content (AvgIpc) is 2.37. The summed E-state index contributed by atoms with van der Waals surface area (Å²) in [5.74, 6) is -1.37. The van der Waals surface area contributed by atoms with Gasteiger partial charge in [-0.1, -0.05) is 23.2 Å². The zero-order valence-corrected chi connectivity index (χ0v) is 13.5. The number of carboxylic acid groups (broad SMARTS) is 1. The van der Waals surface area contributed by atoms with Crippen LogP contribution in [0.2, 0.25) is 10.0 Å². The van der Waals surface area contributed by atoms with Gasteiger partial charge in [0.05, 0.1) is 10.6 Å². The largest absolute Gasteiger partial charge is 0.478 e. The fraction of sp³-hybridized carbons (Fsp3) is 0.417. The van der Waals surface area contributed by atoms with E-state index < -0.39 is 27.1 Å². The number of rotatable bonds is 7. The van der Waals surface area contributed by atoms with E-state index in [0.29, 0.717) is 12.8 Å². The predicted octanol–water partition coefficient (Wildman–Crippen LogP) is 2.13. The summed E-state index contributed by atoms with van der Waals surface area (Å²) in [6.07, 6.45) is 0.868. The van der Waals surface area contributed by atoms with Crippen molar-refractivity contribution in [3.05, 3.63) is 27.7 Å². The van der Waals surface area contributed by atoms with E-state index in [0.717, 1.165) is 12.1 Å². The van der Waals surface area contributed by atoms with E-state index in [1.807, 2.05) is 0 Å². The number of nitrogens with one attached hydrogen (secondary N) is 1. The molecule has 0 aliphatic heterocycles. The Morgan fingerprint density at radius 1 is 1.38 bits per heavy atom. The van der Waals surface area contributed by atoms with Crippen molar-refractivity contribution >= 4 is 39.2 Å². The molecule has 0 aromatic heterocycles. The van der Waals surface area contributed by atoms with Gasteiger partial charge in [-0.05, 0) is 31.9 Å². The summed E-state index contributed by atoms with van der Waals surface area (Å²) < 4.78 is 26.9. The number of halogens is 2. The molecule has 0 aliphatic carbocycles. The molecule has 1 aromatic rings. The second-order valence-corrected chi connectivity index (χ2v) is 6.96. The molecule has 6 nitrogen and oxygen atoms in total. The Labute approximate surface area is 132 Å². The number of hydrogen-bond acceptors (Lipinski definition) is 4. The fourth-order valence-corrected chi connectivity index (χ4v) is 3.88. The molecular weight excluding hydrogens is 341 g/mol. The lowest BCUT2D eigenvalue weighted by Gasteiger charge is -2.15. The van der Waals surface area contributed by atoms with Gasteiger partial charge in [-0.15, -0.1) is 0 Å². The molecular formula is C12H15Cl2NO5S. The van der Waals surface area contributed by atoms with Crippen molar-refractivity contribution in [2.75, 3.05) is 6.61 Å². The minimum atomic E-state index is -4.01. The lowest BCUT2D eigenvalue weighted by atomic mass is 10.2. The molecule has 1 rings (SSSR count). The number of benzene rings is 1. The first-order valence-corrected chi connectivity index (χ1v) is 8.28. The molecule has 0 heterocycles. The summed E-state index contributed by atoms with van der Waals surface area (Å²) in [6.45, 7) is 1.58. The van der Waals surface area contributed by atoms with Gasteiger partial charge in [0, 0.05) is 17.7 Å². The van der Waals surface area contributed by atoms with Gasteiger partial charge < -0.3 is 10.2 Å². The number of aliphatic hydroxyl groups is 1. The highest BCUT2D eigenvalue weighted by molar-refractivity contribution is 7.89. The molecule has 118 valence electrons. The van der Waals surface area contributed by atoms with Crippen LogP contribution in [0.5, 0.6) is 0 Å². The molecule has 0 saturated carbocycles. The fourth-order valence-electron chi connectivity index (χ4n) is 1.70. The van der Waals surface area contributed by atoms with Crippen LogP contribution in [0.3, 0.4) is 0 Å². The Morgan fingerprint density at radius 2 is 2.00 bits per heavy atom. The Morgan fingerprint density at radius 3 is 2.52 bits per heavy atom. The van der Waals surface area contributed by atoms with E-state index in [2.05, 4.69) is 4.72 Å². The maximum Gasteiger partial charge on any atom is 0.337 e. The first-order chi connectivity index (χ1) is 9.69. The topological polar surface area (TPSA) is 104 Å². The van der Waals surface area contributed by atoms with Gasteiger partial charge in [-0.25, -0.2) is 17.9 Å². The van der Waals surface area contributed by atoms with Crippen LogP contribution in [0.25, 0.3) is 0 Å². The zero-order chi connectivity index (χ0) is 16.2. The van der Waals surface area contributed by atoms with E-state index in [9.17, 15) is 13.2 Å². The van der Waals surface area contributed by atoms with E-state index in [-0.39, 0.29) is 22.1 Å². The number of hydrogen-bond donors (Lipinski definition) is 3. The zero-order valence-electron chi connectivity index (χ0n) is 11.1. The third-order valence-corrected chi connectivity index (χ3v) is 5.03. The predicted molar refractivity (Wildman–Crippen MR) is 79.5 cm³/mol. The summed E-state index contributed by atoms with van der Waals surface area (Å²) >= 11 is 11.6. The molecule has 3 N–H and O–H groups in total. The highest BCUT2D eigenvalue weighted by Crippen LogP contribution is 2.29.